The highest BCUT2D eigenvalue weighted by Gasteiger charge is 2.40. The fourth-order valence-corrected chi connectivity index (χ4v) is 4.25. The van der Waals surface area contributed by atoms with Gasteiger partial charge in [-0.3, -0.25) is 0 Å². The molecule has 0 N–H and O–H groups in total. The number of ether oxygens (including phenoxy) is 2. The van der Waals surface area contributed by atoms with Crippen molar-refractivity contribution in [3.8, 4) is 0 Å². The molecule has 2 unspecified atom stereocenters. The molecule has 148 valence electrons. The summed E-state index contributed by atoms with van der Waals surface area (Å²) in [5.41, 5.74) is 0.855. The summed E-state index contributed by atoms with van der Waals surface area (Å²) in [5, 5.41) is 0. The lowest BCUT2D eigenvalue weighted by molar-refractivity contribution is -0.146. The molecule has 2 aromatic rings. The van der Waals surface area contributed by atoms with Crippen LogP contribution >= 0.6 is 11.3 Å². The van der Waals surface area contributed by atoms with Crippen molar-refractivity contribution in [2.45, 2.75) is 25.6 Å². The number of hydrogen-bond donors (Lipinski definition) is 0. The number of carbonyl (C=O) groups excluding carboxylic acids is 1. The summed E-state index contributed by atoms with van der Waals surface area (Å²) in [6, 6.07) is 13.0. The Morgan fingerprint density at radius 1 is 1.10 bits per heavy atom. The minimum atomic E-state index is -0.696. The monoisotopic (exact) mass is 406 g/mol. The van der Waals surface area contributed by atoms with Gasteiger partial charge < -0.3 is 14.4 Å². The summed E-state index contributed by atoms with van der Waals surface area (Å²) < 4.78 is 11.4. The molecule has 29 heavy (non-hydrogen) atoms. The maximum atomic E-state index is 12.5. The second kappa shape index (κ2) is 8.92. The van der Waals surface area contributed by atoms with Crippen LogP contribution in [0.25, 0.3) is 0 Å². The Labute approximate surface area is 174 Å². The van der Waals surface area contributed by atoms with Gasteiger partial charge in [-0.05, 0) is 43.3 Å². The first-order valence-electron chi connectivity index (χ1n) is 9.57. The summed E-state index contributed by atoms with van der Waals surface area (Å²) in [6.07, 6.45) is 11.6. The molecular weight excluding hydrogens is 384 g/mol. The summed E-state index contributed by atoms with van der Waals surface area (Å²) >= 11 is 1.63. The van der Waals surface area contributed by atoms with E-state index in [0.29, 0.717) is 12.5 Å². The molecule has 6 heteroatoms. The molecule has 0 spiro atoms. The molecule has 5 nitrogen and oxygen atoms in total. The number of thiophene rings is 1. The molecule has 0 fully saturated rings. The molecule has 0 bridgehead atoms. The zero-order valence-corrected chi connectivity index (χ0v) is 16.9. The zero-order chi connectivity index (χ0) is 20.1. The number of carbonyl (C=O) groups is 1. The Balaban J connectivity index is 1.55. The van der Waals surface area contributed by atoms with Crippen LogP contribution in [0.4, 0.5) is 0 Å². The van der Waals surface area contributed by atoms with E-state index in [1.165, 1.54) is 4.88 Å². The Bertz CT molecular complexity index is 959. The summed E-state index contributed by atoms with van der Waals surface area (Å²) in [7, 11) is 0. The van der Waals surface area contributed by atoms with Crippen LogP contribution in [-0.4, -0.2) is 29.4 Å². The standard InChI is InChI=1S/C23H22N2O3S/c1-2-27-23(26)20-21(28-22(24-20)17-10-6-5-7-11-17)19-13-12-18(29-19)16-25-14-8-3-4-9-15-25/h3-15,20-21H,2,16H2,1H3. The Kier molecular flexibility index (Phi) is 5.91. The molecule has 2 aliphatic rings. The van der Waals surface area contributed by atoms with Gasteiger partial charge in [-0.2, -0.15) is 0 Å². The minimum absolute atomic E-state index is 0.315. The van der Waals surface area contributed by atoms with Crippen molar-refractivity contribution in [2.24, 2.45) is 4.99 Å². The number of allylic oxidation sites excluding steroid dienone is 4. The van der Waals surface area contributed by atoms with Gasteiger partial charge in [0.15, 0.2) is 12.1 Å². The van der Waals surface area contributed by atoms with Gasteiger partial charge in [-0.15, -0.1) is 11.3 Å². The molecular formula is C23H22N2O3S. The lowest BCUT2D eigenvalue weighted by Crippen LogP contribution is -2.25. The van der Waals surface area contributed by atoms with Crippen LogP contribution in [0.3, 0.4) is 0 Å². The third kappa shape index (κ3) is 4.49. The fourth-order valence-electron chi connectivity index (χ4n) is 3.17. The Hall–Kier alpha value is -3.12. The van der Waals surface area contributed by atoms with Gasteiger partial charge in [0.05, 0.1) is 13.2 Å². The number of benzene rings is 1. The average Bonchev–Trinajstić information content (AvgIpc) is 3.30. The molecule has 0 aliphatic carbocycles. The van der Waals surface area contributed by atoms with Gasteiger partial charge in [-0.25, -0.2) is 9.79 Å². The summed E-state index contributed by atoms with van der Waals surface area (Å²) in [4.78, 5) is 21.3. The van der Waals surface area contributed by atoms with E-state index >= 15 is 0 Å². The van der Waals surface area contributed by atoms with E-state index in [0.717, 1.165) is 17.0 Å². The highest BCUT2D eigenvalue weighted by molar-refractivity contribution is 7.12. The van der Waals surface area contributed by atoms with Crippen molar-refractivity contribution in [3.05, 3.63) is 94.5 Å². The summed E-state index contributed by atoms with van der Waals surface area (Å²) in [6.45, 7) is 2.86. The predicted molar refractivity (Wildman–Crippen MR) is 115 cm³/mol. The highest BCUT2D eigenvalue weighted by atomic mass is 32.1. The molecule has 0 saturated carbocycles. The third-order valence-electron chi connectivity index (χ3n) is 4.52. The first-order chi connectivity index (χ1) is 14.2. The Morgan fingerprint density at radius 3 is 2.59 bits per heavy atom. The Morgan fingerprint density at radius 2 is 1.86 bits per heavy atom. The lowest BCUT2D eigenvalue weighted by Gasteiger charge is -2.16. The molecule has 0 amide bonds. The van der Waals surface area contributed by atoms with Gasteiger partial charge in [0.1, 0.15) is 0 Å². The van der Waals surface area contributed by atoms with E-state index in [1.54, 1.807) is 18.3 Å². The van der Waals surface area contributed by atoms with Crippen molar-refractivity contribution in [1.82, 2.24) is 4.90 Å². The van der Waals surface area contributed by atoms with Crippen LogP contribution in [0.1, 0.15) is 28.3 Å². The molecule has 2 atom stereocenters. The van der Waals surface area contributed by atoms with E-state index in [1.807, 2.05) is 73.1 Å². The first kappa shape index (κ1) is 19.2. The van der Waals surface area contributed by atoms with Crippen LogP contribution < -0.4 is 0 Å². The molecule has 0 radical (unpaired) electrons. The first-order valence-corrected chi connectivity index (χ1v) is 10.4. The summed E-state index contributed by atoms with van der Waals surface area (Å²) in [5.74, 6) is 0.121. The quantitative estimate of drug-likeness (QED) is 0.658. The number of aliphatic imine (C=N–C) groups is 1. The molecule has 2 aliphatic heterocycles. The smallest absolute Gasteiger partial charge is 0.335 e. The number of rotatable bonds is 6. The normalized spacial score (nSPS) is 20.3. The van der Waals surface area contributed by atoms with E-state index in [-0.39, 0.29) is 5.97 Å². The second-order valence-corrected chi connectivity index (χ2v) is 7.78. The van der Waals surface area contributed by atoms with Crippen LogP contribution in [0, 0.1) is 0 Å². The van der Waals surface area contributed by atoms with E-state index in [9.17, 15) is 4.79 Å². The largest absolute Gasteiger partial charge is 0.465 e. The number of nitrogens with zero attached hydrogens (tertiary/aromatic N) is 2. The molecule has 4 rings (SSSR count). The van der Waals surface area contributed by atoms with Gasteiger partial charge in [-0.1, -0.05) is 30.4 Å². The van der Waals surface area contributed by atoms with Crippen molar-refractivity contribution >= 4 is 23.2 Å². The van der Waals surface area contributed by atoms with Crippen molar-refractivity contribution < 1.29 is 14.3 Å². The predicted octanol–water partition coefficient (Wildman–Crippen LogP) is 4.60. The molecule has 0 saturated heterocycles. The maximum Gasteiger partial charge on any atom is 0.335 e. The number of esters is 1. The van der Waals surface area contributed by atoms with Gasteiger partial charge in [0, 0.05) is 27.7 Å². The van der Waals surface area contributed by atoms with E-state index < -0.39 is 12.1 Å². The van der Waals surface area contributed by atoms with Crippen LogP contribution in [0.15, 0.2) is 84.2 Å². The van der Waals surface area contributed by atoms with Crippen molar-refractivity contribution in [3.63, 3.8) is 0 Å². The van der Waals surface area contributed by atoms with Crippen molar-refractivity contribution in [2.75, 3.05) is 6.61 Å². The SMILES string of the molecule is CCOC(=O)C1N=C(c2ccccc2)OC1c1ccc(CN2C=CC=CC=C2)s1. The highest BCUT2D eigenvalue weighted by Crippen LogP contribution is 2.36. The fraction of sp³-hybridized carbons (Fsp3) is 0.217. The topological polar surface area (TPSA) is 51.1 Å². The minimum Gasteiger partial charge on any atom is -0.465 e. The van der Waals surface area contributed by atoms with Crippen LogP contribution in [0.5, 0.6) is 0 Å². The maximum absolute atomic E-state index is 12.5. The van der Waals surface area contributed by atoms with Gasteiger partial charge >= 0.3 is 5.97 Å². The van der Waals surface area contributed by atoms with Crippen LogP contribution in [0.2, 0.25) is 0 Å². The average molecular weight is 407 g/mol. The third-order valence-corrected chi connectivity index (χ3v) is 5.65. The van der Waals surface area contributed by atoms with Gasteiger partial charge in [0.25, 0.3) is 0 Å². The van der Waals surface area contributed by atoms with Crippen LogP contribution in [-0.2, 0) is 20.8 Å². The van der Waals surface area contributed by atoms with E-state index in [4.69, 9.17) is 9.47 Å². The number of hydrogen-bond acceptors (Lipinski definition) is 6. The molecule has 1 aromatic carbocycles. The second-order valence-electron chi connectivity index (χ2n) is 6.58. The molecule has 3 heterocycles. The zero-order valence-electron chi connectivity index (χ0n) is 16.1. The van der Waals surface area contributed by atoms with E-state index in [2.05, 4.69) is 16.0 Å². The lowest BCUT2D eigenvalue weighted by atomic mass is 10.1. The van der Waals surface area contributed by atoms with Gasteiger partial charge in [0.2, 0.25) is 5.90 Å². The molecule has 1 aromatic heterocycles. The van der Waals surface area contributed by atoms with Crippen molar-refractivity contribution in [1.29, 1.82) is 0 Å².